The van der Waals surface area contributed by atoms with Gasteiger partial charge in [0.2, 0.25) is 0 Å². The first-order chi connectivity index (χ1) is 19.4. The molecule has 4 heterocycles. The zero-order valence-electron chi connectivity index (χ0n) is 23.4. The molecule has 2 aromatic carbocycles. The Kier molecular flexibility index (Phi) is 7.77. The first-order valence-corrected chi connectivity index (χ1v) is 18.5. The number of rotatable bonds is 11. The van der Waals surface area contributed by atoms with E-state index in [9.17, 15) is 0 Å². The summed E-state index contributed by atoms with van der Waals surface area (Å²) in [7, 11) is -1.09. The standard InChI is InChI=1S/C31H36N6OSSi/c1-40(2,3)17-16-38-23-35-15-14-26(34-35)18-29-33-31-30(39-29)27-19-32-36(20-24-10-6-4-7-11-24)22-28(27)37(31)21-25-12-8-5-9-13-25/h4-15,19,22,29H,16-18,20-21,23H2,1-3H3. The molecule has 0 saturated heterocycles. The summed E-state index contributed by atoms with van der Waals surface area (Å²) in [6.07, 6.45) is 6.97. The summed E-state index contributed by atoms with van der Waals surface area (Å²) in [6, 6.07) is 24.3. The molecular formula is C31H36N6OSSi. The Labute approximate surface area is 240 Å². The van der Waals surface area contributed by atoms with Crippen LogP contribution in [0.1, 0.15) is 22.4 Å². The largest absolute Gasteiger partial charge is 0.360 e. The lowest BCUT2D eigenvalue weighted by atomic mass is 10.2. The van der Waals surface area contributed by atoms with Gasteiger partial charge in [0.05, 0.1) is 28.7 Å². The lowest BCUT2D eigenvalue weighted by Gasteiger charge is -2.18. The molecule has 2 aromatic heterocycles. The van der Waals surface area contributed by atoms with Crippen molar-refractivity contribution in [3.05, 3.63) is 106 Å². The normalized spacial score (nSPS) is 16.0. The molecule has 4 aromatic rings. The van der Waals surface area contributed by atoms with E-state index in [-0.39, 0.29) is 5.37 Å². The maximum atomic E-state index is 5.88. The maximum absolute atomic E-state index is 5.88. The van der Waals surface area contributed by atoms with Gasteiger partial charge in [-0.2, -0.15) is 10.2 Å². The molecule has 0 bridgehead atoms. The van der Waals surface area contributed by atoms with Crippen molar-refractivity contribution in [1.82, 2.24) is 19.4 Å². The van der Waals surface area contributed by atoms with E-state index in [0.29, 0.717) is 6.73 Å². The molecule has 7 nitrogen and oxygen atoms in total. The topological polar surface area (TPSA) is 59.9 Å². The number of nitrogens with zero attached hydrogens (tertiary/aromatic N) is 6. The Hall–Kier alpha value is -3.40. The summed E-state index contributed by atoms with van der Waals surface area (Å²) in [4.78, 5) is 6.43. The number of hydrogen-bond acceptors (Lipinski definition) is 6. The third kappa shape index (κ3) is 6.32. The van der Waals surface area contributed by atoms with Gasteiger partial charge in [-0.15, -0.1) is 0 Å². The fraction of sp³-hybridized carbons (Fsp3) is 0.323. The Morgan fingerprint density at radius 2 is 1.65 bits per heavy atom. The van der Waals surface area contributed by atoms with Crippen LogP contribution in [0.5, 0.6) is 0 Å². The summed E-state index contributed by atoms with van der Waals surface area (Å²) < 4.78 is 10.1. The maximum Gasteiger partial charge on any atom is 0.144 e. The fourth-order valence-corrected chi connectivity index (χ4v) is 6.89. The van der Waals surface area contributed by atoms with E-state index in [1.54, 1.807) is 0 Å². The van der Waals surface area contributed by atoms with E-state index < -0.39 is 8.07 Å². The van der Waals surface area contributed by atoms with Crippen molar-refractivity contribution in [2.45, 2.75) is 62.2 Å². The van der Waals surface area contributed by atoms with Gasteiger partial charge in [-0.3, -0.25) is 10.0 Å². The van der Waals surface area contributed by atoms with Crippen LogP contribution in [-0.4, -0.2) is 45.6 Å². The van der Waals surface area contributed by atoms with Crippen LogP contribution in [0, 0.1) is 0 Å². The zero-order valence-corrected chi connectivity index (χ0v) is 25.2. The molecule has 1 unspecified atom stereocenters. The van der Waals surface area contributed by atoms with E-state index in [1.807, 2.05) is 39.9 Å². The molecule has 40 heavy (non-hydrogen) atoms. The number of aromatic nitrogens is 3. The Bertz CT molecular complexity index is 1610. The molecule has 0 saturated carbocycles. The van der Waals surface area contributed by atoms with Crippen LogP contribution in [0.4, 0.5) is 0 Å². The van der Waals surface area contributed by atoms with Crippen molar-refractivity contribution < 1.29 is 4.74 Å². The smallest absolute Gasteiger partial charge is 0.144 e. The first kappa shape index (κ1) is 26.8. The second-order valence-electron chi connectivity index (χ2n) is 11.6. The second-order valence-corrected chi connectivity index (χ2v) is 18.4. The minimum Gasteiger partial charge on any atom is -0.360 e. The molecule has 0 spiro atoms. The molecule has 2 aliphatic rings. The highest BCUT2D eigenvalue weighted by molar-refractivity contribution is 8.00. The molecule has 0 N–H and O–H groups in total. The minimum atomic E-state index is -1.09. The van der Waals surface area contributed by atoms with Gasteiger partial charge >= 0.3 is 0 Å². The molecule has 206 valence electrons. The van der Waals surface area contributed by atoms with E-state index in [1.165, 1.54) is 16.0 Å². The van der Waals surface area contributed by atoms with Gasteiger partial charge in [0.25, 0.3) is 0 Å². The third-order valence-electron chi connectivity index (χ3n) is 7.07. The molecule has 0 amide bonds. The molecule has 0 radical (unpaired) electrons. The number of thioether (sulfide) groups is 1. The van der Waals surface area contributed by atoms with Gasteiger partial charge in [-0.1, -0.05) is 92.1 Å². The van der Waals surface area contributed by atoms with Gasteiger partial charge in [-0.05, 0) is 23.2 Å². The van der Waals surface area contributed by atoms with E-state index in [4.69, 9.17) is 19.9 Å². The Morgan fingerprint density at radius 1 is 0.925 bits per heavy atom. The van der Waals surface area contributed by atoms with Crippen LogP contribution in [0.25, 0.3) is 6.20 Å². The average molecular weight is 569 g/mol. The number of benzene rings is 2. The predicted molar refractivity (Wildman–Crippen MR) is 164 cm³/mol. The summed E-state index contributed by atoms with van der Waals surface area (Å²) in [5.41, 5.74) is 5.73. The quantitative estimate of drug-likeness (QED) is 0.190. The average Bonchev–Trinajstić information content (AvgIpc) is 3.63. The Morgan fingerprint density at radius 3 is 2.38 bits per heavy atom. The first-order valence-electron chi connectivity index (χ1n) is 13.9. The highest BCUT2D eigenvalue weighted by Gasteiger charge is 2.27. The summed E-state index contributed by atoms with van der Waals surface area (Å²) >= 11 is 1.82. The van der Waals surface area contributed by atoms with E-state index in [0.717, 1.165) is 54.3 Å². The summed E-state index contributed by atoms with van der Waals surface area (Å²) in [5, 5.41) is 12.8. The minimum absolute atomic E-state index is 0.0873. The van der Waals surface area contributed by atoms with Crippen LogP contribution in [0.3, 0.4) is 0 Å². The van der Waals surface area contributed by atoms with Crippen LogP contribution >= 0.6 is 11.8 Å². The van der Waals surface area contributed by atoms with Crippen molar-refractivity contribution in [2.75, 3.05) is 6.61 Å². The number of ether oxygens (including phenoxy) is 1. The fourth-order valence-electron chi connectivity index (χ4n) is 4.90. The molecule has 1 atom stereocenters. The molecule has 6 rings (SSSR count). The van der Waals surface area contributed by atoms with Gasteiger partial charge < -0.3 is 9.30 Å². The van der Waals surface area contributed by atoms with Crippen LogP contribution < -0.4 is 10.8 Å². The third-order valence-corrected chi connectivity index (χ3v) is 9.95. The van der Waals surface area contributed by atoms with E-state index in [2.05, 4.69) is 91.1 Å². The van der Waals surface area contributed by atoms with Gasteiger partial charge in [0, 0.05) is 45.6 Å². The molecular weight excluding hydrogens is 533 g/mol. The van der Waals surface area contributed by atoms with Crippen molar-refractivity contribution in [1.29, 1.82) is 0 Å². The monoisotopic (exact) mass is 568 g/mol. The molecule has 0 fully saturated rings. The Balaban J connectivity index is 1.22. The summed E-state index contributed by atoms with van der Waals surface area (Å²) in [5.74, 6) is 0. The predicted octanol–water partition coefficient (Wildman–Crippen LogP) is 4.93. The highest BCUT2D eigenvalue weighted by Crippen LogP contribution is 2.30. The van der Waals surface area contributed by atoms with E-state index >= 15 is 0 Å². The van der Waals surface area contributed by atoms with Gasteiger partial charge in [-0.25, -0.2) is 4.68 Å². The SMILES string of the molecule is C[Si](C)(C)CCOCn1ccc(CC2N=c3c(c4c(n3Cc3ccccc3)=CN(Cc3ccccc3)N=C4)S2)n1. The number of fused-ring (bicyclic) bond motifs is 3. The van der Waals surface area contributed by atoms with Crippen LogP contribution in [-0.2, 0) is 31.0 Å². The van der Waals surface area contributed by atoms with Crippen molar-refractivity contribution in [3.8, 4) is 0 Å². The number of hydrogen-bond donors (Lipinski definition) is 0. The van der Waals surface area contributed by atoms with Crippen molar-refractivity contribution in [3.63, 3.8) is 0 Å². The lowest BCUT2D eigenvalue weighted by Crippen LogP contribution is -2.32. The highest BCUT2D eigenvalue weighted by atomic mass is 32.2. The van der Waals surface area contributed by atoms with Crippen molar-refractivity contribution >= 4 is 32.3 Å². The molecule has 2 aliphatic heterocycles. The second kappa shape index (κ2) is 11.6. The molecule has 0 aliphatic carbocycles. The summed E-state index contributed by atoms with van der Waals surface area (Å²) in [6.45, 7) is 9.90. The van der Waals surface area contributed by atoms with Crippen LogP contribution in [0.2, 0.25) is 25.7 Å². The van der Waals surface area contributed by atoms with Gasteiger partial charge in [0.1, 0.15) is 17.6 Å². The molecule has 9 heteroatoms. The number of hydrazone groups is 1. The van der Waals surface area contributed by atoms with Crippen LogP contribution in [0.15, 0.2) is 87.9 Å². The van der Waals surface area contributed by atoms with Crippen molar-refractivity contribution in [2.24, 2.45) is 10.1 Å². The zero-order chi connectivity index (χ0) is 27.5. The van der Waals surface area contributed by atoms with Gasteiger partial charge in [0.15, 0.2) is 0 Å². The lowest BCUT2D eigenvalue weighted by molar-refractivity contribution is 0.0783.